The number of carbonyl (C=O) groups excluding carboxylic acids is 2. The molecule has 2 aromatic carbocycles. The Kier molecular flexibility index (Phi) is 5.14. The van der Waals surface area contributed by atoms with Gasteiger partial charge in [0.25, 0.3) is 0 Å². The minimum Gasteiger partial charge on any atom is -0.494 e. The number of hydrogen-bond donors (Lipinski definition) is 2. The predicted molar refractivity (Wildman–Crippen MR) is 96.1 cm³/mol. The summed E-state index contributed by atoms with van der Waals surface area (Å²) in [6, 6.07) is 13.8. The van der Waals surface area contributed by atoms with E-state index in [2.05, 4.69) is 10.6 Å². The average molecular weight is 358 g/mol. The summed E-state index contributed by atoms with van der Waals surface area (Å²) in [4.78, 5) is 25.0. The molecular formula is C18H18N2O4S. The maximum atomic E-state index is 12.6. The molecule has 0 bridgehead atoms. The fourth-order valence-electron chi connectivity index (χ4n) is 2.56. The molecular weight excluding hydrogens is 340 g/mol. The van der Waals surface area contributed by atoms with Crippen LogP contribution in [0.4, 0.5) is 11.4 Å². The Morgan fingerprint density at radius 2 is 1.92 bits per heavy atom. The van der Waals surface area contributed by atoms with Crippen LogP contribution in [0.15, 0.2) is 53.4 Å². The molecule has 2 atom stereocenters. The summed E-state index contributed by atoms with van der Waals surface area (Å²) in [5, 5.41) is 4.51. The van der Waals surface area contributed by atoms with Gasteiger partial charge in [-0.3, -0.25) is 13.8 Å². The number of amides is 2. The Labute approximate surface area is 148 Å². The highest BCUT2D eigenvalue weighted by molar-refractivity contribution is 7.86. The molecule has 0 aromatic heterocycles. The van der Waals surface area contributed by atoms with Crippen molar-refractivity contribution in [3.8, 4) is 5.75 Å². The Balaban J connectivity index is 1.66. The molecule has 6 nitrogen and oxygen atoms in total. The van der Waals surface area contributed by atoms with Gasteiger partial charge < -0.3 is 15.4 Å². The highest BCUT2D eigenvalue weighted by Gasteiger charge is 2.34. The van der Waals surface area contributed by atoms with Crippen molar-refractivity contribution in [2.45, 2.75) is 23.5 Å². The monoisotopic (exact) mass is 358 g/mol. The molecule has 2 N–H and O–H groups in total. The van der Waals surface area contributed by atoms with Gasteiger partial charge in [0.15, 0.2) is 0 Å². The topological polar surface area (TPSA) is 84.5 Å². The summed E-state index contributed by atoms with van der Waals surface area (Å²) in [5.41, 5.74) is 1.13. The SMILES string of the molecule is CCOc1ccc(NC(=O)C[C@@H]2C(=O)Nc3ccccc3[S@@]2=O)cc1. The molecule has 2 amide bonds. The summed E-state index contributed by atoms with van der Waals surface area (Å²) in [6.07, 6.45) is -0.153. The van der Waals surface area contributed by atoms with E-state index in [4.69, 9.17) is 4.74 Å². The highest BCUT2D eigenvalue weighted by Crippen LogP contribution is 2.28. The zero-order chi connectivity index (χ0) is 17.8. The second-order valence-corrected chi connectivity index (χ2v) is 7.08. The number of para-hydroxylation sites is 1. The van der Waals surface area contributed by atoms with Gasteiger partial charge in [0.2, 0.25) is 11.8 Å². The molecule has 7 heteroatoms. The summed E-state index contributed by atoms with van der Waals surface area (Å²) in [5.74, 6) is -0.0548. The summed E-state index contributed by atoms with van der Waals surface area (Å²) in [6.45, 7) is 2.46. The van der Waals surface area contributed by atoms with Crippen LogP contribution in [-0.4, -0.2) is 27.9 Å². The van der Waals surface area contributed by atoms with Crippen molar-refractivity contribution in [3.05, 3.63) is 48.5 Å². The predicted octanol–water partition coefficient (Wildman–Crippen LogP) is 2.54. The molecule has 130 valence electrons. The van der Waals surface area contributed by atoms with Crippen LogP contribution in [0.5, 0.6) is 5.75 Å². The third kappa shape index (κ3) is 3.88. The molecule has 0 fully saturated rings. The largest absolute Gasteiger partial charge is 0.494 e. The number of rotatable bonds is 5. The van der Waals surface area contributed by atoms with Gasteiger partial charge in [-0.15, -0.1) is 0 Å². The zero-order valence-corrected chi connectivity index (χ0v) is 14.5. The first kappa shape index (κ1) is 17.2. The second kappa shape index (κ2) is 7.48. The van der Waals surface area contributed by atoms with Crippen LogP contribution in [0.3, 0.4) is 0 Å². The van der Waals surface area contributed by atoms with E-state index in [-0.39, 0.29) is 12.3 Å². The van der Waals surface area contributed by atoms with Gasteiger partial charge in [-0.2, -0.15) is 0 Å². The van der Waals surface area contributed by atoms with Crippen LogP contribution in [0, 0.1) is 0 Å². The Hall–Kier alpha value is -2.67. The standard InChI is InChI=1S/C18H18N2O4S/c1-2-24-13-9-7-12(8-10-13)19-17(21)11-16-18(22)20-14-5-3-4-6-15(14)25(16)23/h3-10,16H,2,11H2,1H3,(H,19,21)(H,20,22)/t16-,25+/m1/s1. The molecule has 1 heterocycles. The van der Waals surface area contributed by atoms with Gasteiger partial charge >= 0.3 is 0 Å². The Bertz CT molecular complexity index is 820. The summed E-state index contributed by atoms with van der Waals surface area (Å²) < 4.78 is 17.9. The van der Waals surface area contributed by atoms with Gasteiger partial charge in [0.1, 0.15) is 11.0 Å². The van der Waals surface area contributed by atoms with E-state index in [1.54, 1.807) is 48.5 Å². The van der Waals surface area contributed by atoms with Crippen molar-refractivity contribution >= 4 is 34.0 Å². The fraction of sp³-hybridized carbons (Fsp3) is 0.222. The van der Waals surface area contributed by atoms with Gasteiger partial charge in [-0.05, 0) is 43.3 Å². The van der Waals surface area contributed by atoms with Crippen LogP contribution in [0.2, 0.25) is 0 Å². The third-order valence-corrected chi connectivity index (χ3v) is 5.42. The minimum absolute atomic E-state index is 0.153. The average Bonchev–Trinajstić information content (AvgIpc) is 2.60. The number of carbonyl (C=O) groups is 2. The lowest BCUT2D eigenvalue weighted by Crippen LogP contribution is -2.39. The molecule has 0 unspecified atom stereocenters. The number of hydrogen-bond acceptors (Lipinski definition) is 4. The van der Waals surface area contributed by atoms with E-state index in [9.17, 15) is 13.8 Å². The van der Waals surface area contributed by atoms with Crippen LogP contribution in [0.1, 0.15) is 13.3 Å². The van der Waals surface area contributed by atoms with Crippen molar-refractivity contribution in [1.29, 1.82) is 0 Å². The van der Waals surface area contributed by atoms with E-state index in [0.29, 0.717) is 28.6 Å². The summed E-state index contributed by atoms with van der Waals surface area (Å²) in [7, 11) is -1.56. The minimum atomic E-state index is -1.56. The van der Waals surface area contributed by atoms with Crippen molar-refractivity contribution < 1.29 is 18.5 Å². The fourth-order valence-corrected chi connectivity index (χ4v) is 3.97. The maximum absolute atomic E-state index is 12.6. The van der Waals surface area contributed by atoms with Gasteiger partial charge in [-0.1, -0.05) is 12.1 Å². The van der Waals surface area contributed by atoms with Crippen LogP contribution in [-0.2, 0) is 20.4 Å². The normalized spacial score (nSPS) is 18.8. The highest BCUT2D eigenvalue weighted by atomic mass is 32.2. The number of ether oxygens (including phenoxy) is 1. The molecule has 0 radical (unpaired) electrons. The number of fused-ring (bicyclic) bond motifs is 1. The summed E-state index contributed by atoms with van der Waals surface area (Å²) >= 11 is 0. The molecule has 0 saturated heterocycles. The lowest BCUT2D eigenvalue weighted by atomic mass is 10.2. The zero-order valence-electron chi connectivity index (χ0n) is 13.7. The van der Waals surface area contributed by atoms with Gasteiger partial charge in [0.05, 0.1) is 34.4 Å². The number of benzene rings is 2. The van der Waals surface area contributed by atoms with Gasteiger partial charge in [0, 0.05) is 5.69 Å². The third-order valence-electron chi connectivity index (χ3n) is 3.73. The van der Waals surface area contributed by atoms with Crippen molar-refractivity contribution in [2.24, 2.45) is 0 Å². The molecule has 0 saturated carbocycles. The Morgan fingerprint density at radius 1 is 1.20 bits per heavy atom. The van der Waals surface area contributed by atoms with E-state index in [0.717, 1.165) is 0 Å². The first-order valence-corrected chi connectivity index (χ1v) is 9.13. The smallest absolute Gasteiger partial charge is 0.241 e. The molecule has 0 aliphatic carbocycles. The lowest BCUT2D eigenvalue weighted by molar-refractivity contribution is -0.120. The quantitative estimate of drug-likeness (QED) is 0.860. The number of anilines is 2. The van der Waals surface area contributed by atoms with Gasteiger partial charge in [-0.25, -0.2) is 0 Å². The van der Waals surface area contributed by atoms with Crippen molar-refractivity contribution in [1.82, 2.24) is 0 Å². The van der Waals surface area contributed by atoms with Crippen molar-refractivity contribution in [3.63, 3.8) is 0 Å². The number of nitrogens with one attached hydrogen (secondary N) is 2. The van der Waals surface area contributed by atoms with E-state index >= 15 is 0 Å². The Morgan fingerprint density at radius 3 is 2.64 bits per heavy atom. The van der Waals surface area contributed by atoms with E-state index in [1.807, 2.05) is 6.92 Å². The first-order valence-electron chi connectivity index (χ1n) is 7.91. The van der Waals surface area contributed by atoms with Crippen molar-refractivity contribution in [2.75, 3.05) is 17.2 Å². The molecule has 3 rings (SSSR count). The molecule has 1 aliphatic heterocycles. The molecule has 25 heavy (non-hydrogen) atoms. The van der Waals surface area contributed by atoms with Crippen LogP contribution in [0.25, 0.3) is 0 Å². The maximum Gasteiger partial charge on any atom is 0.241 e. The lowest BCUT2D eigenvalue weighted by Gasteiger charge is -2.23. The molecule has 0 spiro atoms. The van der Waals surface area contributed by atoms with Crippen LogP contribution >= 0.6 is 0 Å². The first-order chi connectivity index (χ1) is 12.1. The van der Waals surface area contributed by atoms with E-state index in [1.165, 1.54) is 0 Å². The molecule has 1 aliphatic rings. The van der Waals surface area contributed by atoms with Crippen LogP contribution < -0.4 is 15.4 Å². The molecule has 2 aromatic rings. The second-order valence-electron chi connectivity index (χ2n) is 5.48. The van der Waals surface area contributed by atoms with E-state index < -0.39 is 22.0 Å².